The number of rotatable bonds is 3. The summed E-state index contributed by atoms with van der Waals surface area (Å²) < 4.78 is 16.5. The Bertz CT molecular complexity index is 1240. The minimum Gasteiger partial charge on any atom is -0.256 e. The van der Waals surface area contributed by atoms with Crippen molar-refractivity contribution in [1.82, 2.24) is 19.7 Å². The lowest BCUT2D eigenvalue weighted by Gasteiger charge is -2.18. The SMILES string of the molecule is CC(C)(C)Cn1ncc(-c2ccc(C#N)nc2-c2ccc3cccnc3c2)c1F. The highest BCUT2D eigenvalue weighted by molar-refractivity contribution is 5.88. The molecule has 0 radical (unpaired) electrons. The Morgan fingerprint density at radius 2 is 1.93 bits per heavy atom. The number of pyridine rings is 2. The van der Waals surface area contributed by atoms with Crippen LogP contribution < -0.4 is 0 Å². The second-order valence-electron chi connectivity index (χ2n) is 8.18. The number of nitriles is 1. The van der Waals surface area contributed by atoms with Crippen LogP contribution in [0.3, 0.4) is 0 Å². The van der Waals surface area contributed by atoms with E-state index in [0.29, 0.717) is 23.4 Å². The Morgan fingerprint density at radius 3 is 2.69 bits per heavy atom. The van der Waals surface area contributed by atoms with Crippen molar-refractivity contribution in [3.63, 3.8) is 0 Å². The topological polar surface area (TPSA) is 67.4 Å². The molecule has 29 heavy (non-hydrogen) atoms. The van der Waals surface area contributed by atoms with Crippen LogP contribution in [0.2, 0.25) is 0 Å². The molecule has 144 valence electrons. The van der Waals surface area contributed by atoms with Crippen LogP contribution >= 0.6 is 0 Å². The summed E-state index contributed by atoms with van der Waals surface area (Å²) in [5.74, 6) is -0.411. The molecule has 0 aliphatic rings. The summed E-state index contributed by atoms with van der Waals surface area (Å²) in [4.78, 5) is 8.87. The fourth-order valence-electron chi connectivity index (χ4n) is 3.28. The Labute approximate surface area is 168 Å². The standard InChI is InChI=1S/C23H20FN5/c1-23(2,3)14-29-22(24)19(13-27-29)18-9-8-17(12-25)28-21(18)16-7-6-15-5-4-10-26-20(15)11-16/h4-11,13H,14H2,1-3H3. The van der Waals surface area contributed by atoms with Crippen LogP contribution in [-0.4, -0.2) is 19.7 Å². The molecule has 0 bridgehead atoms. The predicted octanol–water partition coefficient (Wildman–Crippen LogP) is 5.22. The summed E-state index contributed by atoms with van der Waals surface area (Å²) in [6, 6.07) is 15.0. The molecule has 0 spiro atoms. The molecule has 3 aromatic heterocycles. The first-order chi connectivity index (χ1) is 13.9. The van der Waals surface area contributed by atoms with Gasteiger partial charge in [0.15, 0.2) is 0 Å². The first kappa shape index (κ1) is 18.8. The lowest BCUT2D eigenvalue weighted by Crippen LogP contribution is -2.17. The molecule has 0 unspecified atom stereocenters. The number of benzene rings is 1. The fraction of sp³-hybridized carbons (Fsp3) is 0.217. The number of hydrogen-bond acceptors (Lipinski definition) is 4. The molecule has 4 rings (SSSR count). The minimum atomic E-state index is -0.411. The van der Waals surface area contributed by atoms with Gasteiger partial charge in [0.05, 0.1) is 23.0 Å². The van der Waals surface area contributed by atoms with Gasteiger partial charge in [0.2, 0.25) is 5.95 Å². The van der Waals surface area contributed by atoms with E-state index in [9.17, 15) is 5.26 Å². The van der Waals surface area contributed by atoms with E-state index >= 15 is 4.39 Å². The maximum absolute atomic E-state index is 15.2. The zero-order chi connectivity index (χ0) is 20.6. The van der Waals surface area contributed by atoms with Gasteiger partial charge in [-0.2, -0.15) is 14.8 Å². The number of fused-ring (bicyclic) bond motifs is 1. The lowest BCUT2D eigenvalue weighted by atomic mass is 9.97. The monoisotopic (exact) mass is 385 g/mol. The maximum atomic E-state index is 15.2. The Hall–Kier alpha value is -3.59. The Balaban J connectivity index is 1.88. The smallest absolute Gasteiger partial charge is 0.219 e. The number of halogens is 1. The van der Waals surface area contributed by atoms with Crippen molar-refractivity contribution in [3.8, 4) is 28.5 Å². The average Bonchev–Trinajstić information content (AvgIpc) is 3.05. The summed E-state index contributed by atoms with van der Waals surface area (Å²) >= 11 is 0. The second kappa shape index (κ2) is 7.10. The van der Waals surface area contributed by atoms with Crippen LogP contribution in [0.4, 0.5) is 4.39 Å². The molecular weight excluding hydrogens is 365 g/mol. The van der Waals surface area contributed by atoms with Crippen LogP contribution in [0.5, 0.6) is 0 Å². The molecule has 4 aromatic rings. The highest BCUT2D eigenvalue weighted by Crippen LogP contribution is 2.34. The highest BCUT2D eigenvalue weighted by atomic mass is 19.1. The zero-order valence-electron chi connectivity index (χ0n) is 16.5. The number of nitrogens with zero attached hydrogens (tertiary/aromatic N) is 5. The van der Waals surface area contributed by atoms with Crippen molar-refractivity contribution >= 4 is 10.9 Å². The van der Waals surface area contributed by atoms with Gasteiger partial charge in [0.1, 0.15) is 11.8 Å². The Morgan fingerprint density at radius 1 is 1.10 bits per heavy atom. The molecular formula is C23H20FN5. The third kappa shape index (κ3) is 3.72. The molecule has 0 aliphatic carbocycles. The van der Waals surface area contributed by atoms with Crippen molar-refractivity contribution in [2.45, 2.75) is 27.3 Å². The van der Waals surface area contributed by atoms with E-state index in [1.807, 2.05) is 51.1 Å². The van der Waals surface area contributed by atoms with Crippen LogP contribution in [-0.2, 0) is 6.54 Å². The van der Waals surface area contributed by atoms with Crippen molar-refractivity contribution in [2.75, 3.05) is 0 Å². The van der Waals surface area contributed by atoms with Crippen molar-refractivity contribution in [3.05, 3.63) is 66.5 Å². The van der Waals surface area contributed by atoms with E-state index < -0.39 is 5.95 Å². The zero-order valence-corrected chi connectivity index (χ0v) is 16.5. The third-order valence-electron chi connectivity index (χ3n) is 4.58. The highest BCUT2D eigenvalue weighted by Gasteiger charge is 2.21. The molecule has 0 saturated carbocycles. The van der Waals surface area contributed by atoms with Gasteiger partial charge in [-0.3, -0.25) is 4.98 Å². The minimum absolute atomic E-state index is 0.111. The van der Waals surface area contributed by atoms with E-state index in [2.05, 4.69) is 21.1 Å². The fourth-order valence-corrected chi connectivity index (χ4v) is 3.28. The number of hydrogen-bond donors (Lipinski definition) is 0. The van der Waals surface area contributed by atoms with E-state index in [0.717, 1.165) is 16.5 Å². The average molecular weight is 385 g/mol. The molecule has 1 aromatic carbocycles. The Kier molecular flexibility index (Phi) is 4.59. The molecule has 6 heteroatoms. The first-order valence-corrected chi connectivity index (χ1v) is 9.34. The summed E-state index contributed by atoms with van der Waals surface area (Å²) in [7, 11) is 0. The van der Waals surface area contributed by atoms with Gasteiger partial charge in [-0.25, -0.2) is 9.67 Å². The van der Waals surface area contributed by atoms with E-state index in [1.165, 1.54) is 10.9 Å². The molecule has 0 atom stereocenters. The van der Waals surface area contributed by atoms with Crippen LogP contribution in [0.1, 0.15) is 26.5 Å². The lowest BCUT2D eigenvalue weighted by molar-refractivity contribution is 0.296. The van der Waals surface area contributed by atoms with Gasteiger partial charge in [-0.05, 0) is 29.7 Å². The van der Waals surface area contributed by atoms with Crippen molar-refractivity contribution in [1.29, 1.82) is 5.26 Å². The van der Waals surface area contributed by atoms with E-state index in [4.69, 9.17) is 0 Å². The summed E-state index contributed by atoms with van der Waals surface area (Å²) in [6.07, 6.45) is 3.25. The van der Waals surface area contributed by atoms with E-state index in [1.54, 1.807) is 18.3 Å². The van der Waals surface area contributed by atoms with Gasteiger partial charge < -0.3 is 0 Å². The molecule has 5 nitrogen and oxygen atoms in total. The van der Waals surface area contributed by atoms with Gasteiger partial charge in [-0.15, -0.1) is 0 Å². The van der Waals surface area contributed by atoms with E-state index in [-0.39, 0.29) is 11.1 Å². The second-order valence-corrected chi connectivity index (χ2v) is 8.18. The molecule has 0 amide bonds. The third-order valence-corrected chi connectivity index (χ3v) is 4.58. The van der Waals surface area contributed by atoms with Crippen LogP contribution in [0, 0.1) is 22.7 Å². The molecule has 0 aliphatic heterocycles. The number of aromatic nitrogens is 4. The molecule has 0 saturated heterocycles. The summed E-state index contributed by atoms with van der Waals surface area (Å²) in [5, 5.41) is 14.6. The quantitative estimate of drug-likeness (QED) is 0.485. The summed E-state index contributed by atoms with van der Waals surface area (Å²) in [6.45, 7) is 6.55. The predicted molar refractivity (Wildman–Crippen MR) is 110 cm³/mol. The van der Waals surface area contributed by atoms with Crippen LogP contribution in [0.25, 0.3) is 33.3 Å². The first-order valence-electron chi connectivity index (χ1n) is 9.34. The van der Waals surface area contributed by atoms with Gasteiger partial charge in [0, 0.05) is 29.3 Å². The molecule has 0 fully saturated rings. The molecule has 3 heterocycles. The van der Waals surface area contributed by atoms with Crippen molar-refractivity contribution < 1.29 is 4.39 Å². The molecule has 0 N–H and O–H groups in total. The van der Waals surface area contributed by atoms with Gasteiger partial charge in [0.25, 0.3) is 0 Å². The van der Waals surface area contributed by atoms with Gasteiger partial charge in [-0.1, -0.05) is 39.0 Å². The van der Waals surface area contributed by atoms with Crippen molar-refractivity contribution in [2.24, 2.45) is 5.41 Å². The largest absolute Gasteiger partial charge is 0.256 e. The van der Waals surface area contributed by atoms with Gasteiger partial charge >= 0.3 is 0 Å². The van der Waals surface area contributed by atoms with Crippen LogP contribution in [0.15, 0.2) is 54.9 Å². The normalized spacial score (nSPS) is 11.6. The summed E-state index contributed by atoms with van der Waals surface area (Å²) in [5.41, 5.74) is 3.23. The maximum Gasteiger partial charge on any atom is 0.219 e.